The van der Waals surface area contributed by atoms with E-state index in [9.17, 15) is 14.0 Å². The molecule has 0 unspecified atom stereocenters. The second-order valence-electron chi connectivity index (χ2n) is 5.85. The predicted octanol–water partition coefficient (Wildman–Crippen LogP) is 3.77. The average molecular weight is 419 g/mol. The minimum atomic E-state index is -0.502. The van der Waals surface area contributed by atoms with Crippen molar-refractivity contribution in [1.29, 1.82) is 0 Å². The van der Waals surface area contributed by atoms with Gasteiger partial charge in [-0.3, -0.25) is 9.59 Å². The van der Waals surface area contributed by atoms with Crippen LogP contribution in [0.5, 0.6) is 0 Å². The van der Waals surface area contributed by atoms with Crippen molar-refractivity contribution >= 4 is 45.2 Å². The summed E-state index contributed by atoms with van der Waals surface area (Å²) in [6.07, 6.45) is 0. The zero-order valence-corrected chi connectivity index (χ0v) is 16.9. The lowest BCUT2D eigenvalue weighted by molar-refractivity contribution is -0.143. The van der Waals surface area contributed by atoms with Crippen LogP contribution < -0.4 is 4.80 Å². The van der Waals surface area contributed by atoms with Gasteiger partial charge in [0.15, 0.2) is 4.80 Å². The van der Waals surface area contributed by atoms with E-state index in [1.165, 1.54) is 33.7 Å². The van der Waals surface area contributed by atoms with Crippen LogP contribution in [0, 0.1) is 5.82 Å². The Morgan fingerprint density at radius 3 is 2.71 bits per heavy atom. The molecule has 0 aliphatic rings. The minimum Gasteiger partial charge on any atom is -0.465 e. The Labute approximate surface area is 169 Å². The largest absolute Gasteiger partial charge is 0.465 e. The summed E-state index contributed by atoms with van der Waals surface area (Å²) >= 11 is 2.63. The number of thiazole rings is 1. The van der Waals surface area contributed by atoms with Crippen LogP contribution in [0.3, 0.4) is 0 Å². The molecule has 5 nitrogen and oxygen atoms in total. The summed E-state index contributed by atoms with van der Waals surface area (Å²) in [6.45, 7) is 1.73. The van der Waals surface area contributed by atoms with Crippen molar-refractivity contribution in [2.24, 2.45) is 4.99 Å². The summed E-state index contributed by atoms with van der Waals surface area (Å²) in [5.74, 6) is -0.398. The molecule has 3 rings (SSSR count). The number of ether oxygens (including phenoxy) is 1. The number of fused-ring (bicyclic) bond motifs is 1. The van der Waals surface area contributed by atoms with Crippen LogP contribution >= 0.6 is 23.1 Å². The first-order valence-corrected chi connectivity index (χ1v) is 10.7. The van der Waals surface area contributed by atoms with E-state index in [1.807, 2.05) is 30.3 Å². The summed E-state index contributed by atoms with van der Waals surface area (Å²) in [5, 5.41) is 0. The number of carbonyl (C=O) groups excluding carboxylic acids is 2. The normalized spacial score (nSPS) is 11.7. The SMILES string of the molecule is CCOC(=O)Cn1c(=NC(=O)CSCc2ccccc2)sc2cccc(F)c21. The molecule has 146 valence electrons. The molecule has 0 fully saturated rings. The van der Waals surface area contributed by atoms with Gasteiger partial charge in [0.1, 0.15) is 12.4 Å². The van der Waals surface area contributed by atoms with E-state index < -0.39 is 11.8 Å². The van der Waals surface area contributed by atoms with Crippen LogP contribution in [0.15, 0.2) is 53.5 Å². The maximum absolute atomic E-state index is 14.3. The molecule has 2 aromatic carbocycles. The van der Waals surface area contributed by atoms with E-state index in [1.54, 1.807) is 19.1 Å². The number of hydrogen-bond acceptors (Lipinski definition) is 5. The third-order valence-electron chi connectivity index (χ3n) is 3.80. The van der Waals surface area contributed by atoms with Crippen LogP contribution in [0.25, 0.3) is 10.2 Å². The first-order valence-electron chi connectivity index (χ1n) is 8.71. The number of hydrogen-bond donors (Lipinski definition) is 0. The number of para-hydroxylation sites is 1. The van der Waals surface area contributed by atoms with Crippen molar-refractivity contribution in [3.05, 3.63) is 64.7 Å². The third kappa shape index (κ3) is 5.08. The van der Waals surface area contributed by atoms with Gasteiger partial charge in [-0.1, -0.05) is 47.7 Å². The molecule has 0 saturated heterocycles. The molecule has 0 aliphatic heterocycles. The molecule has 1 heterocycles. The number of aromatic nitrogens is 1. The Bertz CT molecular complexity index is 1040. The Kier molecular flexibility index (Phi) is 7.00. The molecule has 0 saturated carbocycles. The highest BCUT2D eigenvalue weighted by atomic mass is 32.2. The van der Waals surface area contributed by atoms with Gasteiger partial charge >= 0.3 is 5.97 Å². The van der Waals surface area contributed by atoms with Crippen molar-refractivity contribution in [2.75, 3.05) is 12.4 Å². The van der Waals surface area contributed by atoms with Crippen molar-refractivity contribution in [1.82, 2.24) is 4.57 Å². The second kappa shape index (κ2) is 9.66. The standard InChI is InChI=1S/C20H19FN2O3S2/c1-2-26-18(25)11-23-19-15(21)9-6-10-16(19)28-20(23)22-17(24)13-27-12-14-7-4-3-5-8-14/h3-10H,2,11-13H2,1H3. The number of carbonyl (C=O) groups is 2. The van der Waals surface area contributed by atoms with Gasteiger partial charge in [-0.25, -0.2) is 4.39 Å². The monoisotopic (exact) mass is 418 g/mol. The average Bonchev–Trinajstić information content (AvgIpc) is 3.01. The molecule has 8 heteroatoms. The summed E-state index contributed by atoms with van der Waals surface area (Å²) in [6, 6.07) is 14.5. The van der Waals surface area contributed by atoms with Gasteiger partial charge in [0.25, 0.3) is 5.91 Å². The van der Waals surface area contributed by atoms with E-state index in [0.29, 0.717) is 15.3 Å². The van der Waals surface area contributed by atoms with Crippen molar-refractivity contribution in [2.45, 2.75) is 19.2 Å². The van der Waals surface area contributed by atoms with Crippen molar-refractivity contribution in [3.8, 4) is 0 Å². The number of thioether (sulfide) groups is 1. The first-order chi connectivity index (χ1) is 13.6. The lowest BCUT2D eigenvalue weighted by atomic mass is 10.2. The molecule has 0 radical (unpaired) electrons. The molecule has 28 heavy (non-hydrogen) atoms. The second-order valence-corrected chi connectivity index (χ2v) is 7.84. The van der Waals surface area contributed by atoms with Gasteiger partial charge in [0, 0.05) is 5.75 Å². The number of esters is 1. The summed E-state index contributed by atoms with van der Waals surface area (Å²) < 4.78 is 21.3. The molecule has 0 aliphatic carbocycles. The summed E-state index contributed by atoms with van der Waals surface area (Å²) in [7, 11) is 0. The molecule has 0 spiro atoms. The predicted molar refractivity (Wildman–Crippen MR) is 110 cm³/mol. The maximum atomic E-state index is 14.3. The Balaban J connectivity index is 1.82. The van der Waals surface area contributed by atoms with E-state index in [0.717, 1.165) is 5.56 Å². The molecule has 1 aromatic heterocycles. The molecule has 0 bridgehead atoms. The van der Waals surface area contributed by atoms with Crippen molar-refractivity contribution in [3.63, 3.8) is 0 Å². The van der Waals surface area contributed by atoms with Crippen molar-refractivity contribution < 1.29 is 18.7 Å². The number of amides is 1. The Hall–Kier alpha value is -2.45. The summed E-state index contributed by atoms with van der Waals surface area (Å²) in [5.41, 5.74) is 1.38. The van der Waals surface area contributed by atoms with Crippen LogP contribution in [0.4, 0.5) is 4.39 Å². The zero-order chi connectivity index (χ0) is 19.9. The fourth-order valence-electron chi connectivity index (χ4n) is 2.62. The van der Waals surface area contributed by atoms with Gasteiger partial charge in [0.2, 0.25) is 0 Å². The Morgan fingerprint density at radius 2 is 1.96 bits per heavy atom. The maximum Gasteiger partial charge on any atom is 0.326 e. The number of nitrogens with zero attached hydrogens (tertiary/aromatic N) is 2. The molecule has 1 amide bonds. The third-order valence-corrected chi connectivity index (χ3v) is 5.83. The van der Waals surface area contributed by atoms with Gasteiger partial charge < -0.3 is 9.30 Å². The Morgan fingerprint density at radius 1 is 1.18 bits per heavy atom. The van der Waals surface area contributed by atoms with E-state index >= 15 is 0 Å². The smallest absolute Gasteiger partial charge is 0.326 e. The number of halogens is 1. The van der Waals surface area contributed by atoms with E-state index in [2.05, 4.69) is 4.99 Å². The van der Waals surface area contributed by atoms with Crippen LogP contribution in [-0.4, -0.2) is 28.8 Å². The lowest BCUT2D eigenvalue weighted by Gasteiger charge is -2.05. The highest BCUT2D eigenvalue weighted by molar-refractivity contribution is 7.99. The molecular weight excluding hydrogens is 399 g/mol. The molecular formula is C20H19FN2O3S2. The van der Waals surface area contributed by atoms with E-state index in [4.69, 9.17) is 4.74 Å². The van der Waals surface area contributed by atoms with Crippen LogP contribution in [0.1, 0.15) is 12.5 Å². The molecule has 0 N–H and O–H groups in total. The highest BCUT2D eigenvalue weighted by Gasteiger charge is 2.15. The van der Waals surface area contributed by atoms with Gasteiger partial charge in [0.05, 0.1) is 22.6 Å². The fraction of sp³-hybridized carbons (Fsp3) is 0.250. The highest BCUT2D eigenvalue weighted by Crippen LogP contribution is 2.20. The topological polar surface area (TPSA) is 60.7 Å². The fourth-order valence-corrected chi connectivity index (χ4v) is 4.45. The molecule has 3 aromatic rings. The van der Waals surface area contributed by atoms with Gasteiger partial charge in [-0.15, -0.1) is 11.8 Å². The number of rotatable bonds is 7. The van der Waals surface area contributed by atoms with Crippen LogP contribution in [0.2, 0.25) is 0 Å². The van der Waals surface area contributed by atoms with Gasteiger partial charge in [-0.05, 0) is 24.6 Å². The van der Waals surface area contributed by atoms with E-state index in [-0.39, 0.29) is 30.3 Å². The van der Waals surface area contributed by atoms with Gasteiger partial charge in [-0.2, -0.15) is 4.99 Å². The lowest BCUT2D eigenvalue weighted by Crippen LogP contribution is -2.23. The quantitative estimate of drug-likeness (QED) is 0.548. The minimum absolute atomic E-state index is 0.196. The summed E-state index contributed by atoms with van der Waals surface area (Å²) in [4.78, 5) is 28.7. The zero-order valence-electron chi connectivity index (χ0n) is 15.3. The molecule has 0 atom stereocenters. The van der Waals surface area contributed by atoms with Crippen LogP contribution in [-0.2, 0) is 26.6 Å². The number of benzene rings is 2. The first kappa shape index (κ1) is 20.3.